The predicted octanol–water partition coefficient (Wildman–Crippen LogP) is 3.82. The lowest BCUT2D eigenvalue weighted by molar-refractivity contribution is -0.143. The molecule has 0 spiro atoms. The highest BCUT2D eigenvalue weighted by molar-refractivity contribution is 7.14. The Morgan fingerprint density at radius 1 is 1.56 bits per heavy atom. The maximum absolute atomic E-state index is 13.2. The zero-order valence-corrected chi connectivity index (χ0v) is 10.7. The molecule has 0 aliphatic rings. The third kappa shape index (κ3) is 4.49. The van der Waals surface area contributed by atoms with E-state index in [4.69, 9.17) is 16.3 Å². The number of esters is 1. The average Bonchev–Trinajstić information content (AvgIpc) is 2.53. The van der Waals surface area contributed by atoms with Gasteiger partial charge in [0, 0.05) is 12.0 Å². The van der Waals surface area contributed by atoms with Crippen molar-refractivity contribution in [3.8, 4) is 0 Å². The Labute approximate surface area is 103 Å². The molecule has 0 aromatic carbocycles. The van der Waals surface area contributed by atoms with Crippen LogP contribution in [0.4, 0.5) is 4.39 Å². The monoisotopic (exact) mass is 264 g/mol. The van der Waals surface area contributed by atoms with Gasteiger partial charge in [-0.1, -0.05) is 22.9 Å². The number of unbranched alkanes of at least 4 members (excludes halogenated alkanes) is 1. The van der Waals surface area contributed by atoms with E-state index in [1.165, 1.54) is 0 Å². The van der Waals surface area contributed by atoms with Gasteiger partial charge in [0.2, 0.25) is 0 Å². The van der Waals surface area contributed by atoms with Crippen molar-refractivity contribution in [2.24, 2.45) is 0 Å². The first-order valence-corrected chi connectivity index (χ1v) is 6.42. The molecule has 1 heterocycles. The molecule has 0 fully saturated rings. The molecule has 16 heavy (non-hydrogen) atoms. The lowest BCUT2D eigenvalue weighted by Crippen LogP contribution is -2.03. The summed E-state index contributed by atoms with van der Waals surface area (Å²) in [5.74, 6) is -0.189. The van der Waals surface area contributed by atoms with Crippen molar-refractivity contribution in [2.45, 2.75) is 32.6 Å². The zero-order chi connectivity index (χ0) is 12.0. The van der Waals surface area contributed by atoms with Crippen LogP contribution in [0.25, 0.3) is 0 Å². The van der Waals surface area contributed by atoms with E-state index in [1.54, 1.807) is 13.0 Å². The van der Waals surface area contributed by atoms with Gasteiger partial charge < -0.3 is 4.74 Å². The van der Waals surface area contributed by atoms with Crippen LogP contribution in [0.5, 0.6) is 0 Å². The van der Waals surface area contributed by atoms with Gasteiger partial charge in [0.15, 0.2) is 5.13 Å². The van der Waals surface area contributed by atoms with Gasteiger partial charge in [-0.25, -0.2) is 0 Å². The predicted molar refractivity (Wildman–Crippen MR) is 63.5 cm³/mol. The van der Waals surface area contributed by atoms with E-state index in [0.29, 0.717) is 35.8 Å². The fraction of sp³-hybridized carbons (Fsp3) is 0.545. The third-order valence-electron chi connectivity index (χ3n) is 2.11. The Bertz CT molecular complexity index is 352. The molecule has 0 atom stereocenters. The van der Waals surface area contributed by atoms with Gasteiger partial charge in [-0.05, 0) is 32.3 Å². The molecular weight excluding hydrogens is 251 g/mol. The Hall–Kier alpha value is -0.610. The van der Waals surface area contributed by atoms with Crippen LogP contribution in [0.15, 0.2) is 6.07 Å². The van der Waals surface area contributed by atoms with E-state index in [1.807, 2.05) is 0 Å². The standard InChI is InChI=1S/C11H14ClFO2S/c1-2-15-10(14)6-4-3-5-8-7-9(12)16-11(8)13/h7H,2-6H2,1H3. The molecule has 2 nitrogen and oxygen atoms in total. The molecule has 0 unspecified atom stereocenters. The average molecular weight is 265 g/mol. The van der Waals surface area contributed by atoms with Gasteiger partial charge in [-0.3, -0.25) is 4.79 Å². The summed E-state index contributed by atoms with van der Waals surface area (Å²) in [7, 11) is 0. The van der Waals surface area contributed by atoms with Crippen LogP contribution in [-0.2, 0) is 16.0 Å². The molecule has 0 radical (unpaired) electrons. The molecule has 90 valence electrons. The summed E-state index contributed by atoms with van der Waals surface area (Å²) in [5.41, 5.74) is 0.638. The lowest BCUT2D eigenvalue weighted by Gasteiger charge is -2.01. The second kappa shape index (κ2) is 6.86. The first-order valence-electron chi connectivity index (χ1n) is 5.22. The molecule has 0 bridgehead atoms. The SMILES string of the molecule is CCOC(=O)CCCCc1cc(Cl)sc1F. The molecule has 1 aromatic heterocycles. The summed E-state index contributed by atoms with van der Waals surface area (Å²) in [6.07, 6.45) is 2.50. The Balaban J connectivity index is 2.21. The molecule has 0 amide bonds. The summed E-state index contributed by atoms with van der Waals surface area (Å²) in [4.78, 5) is 11.0. The number of aryl methyl sites for hydroxylation is 1. The number of halogens is 2. The van der Waals surface area contributed by atoms with Crippen LogP contribution in [0.1, 0.15) is 31.7 Å². The maximum atomic E-state index is 13.2. The fourth-order valence-corrected chi connectivity index (χ4v) is 2.36. The van der Waals surface area contributed by atoms with Crippen molar-refractivity contribution < 1.29 is 13.9 Å². The van der Waals surface area contributed by atoms with Crippen LogP contribution in [0.2, 0.25) is 4.34 Å². The van der Waals surface area contributed by atoms with Crippen molar-refractivity contribution in [1.29, 1.82) is 0 Å². The first-order chi connectivity index (χ1) is 7.63. The van der Waals surface area contributed by atoms with Crippen LogP contribution < -0.4 is 0 Å². The molecule has 1 rings (SSSR count). The first kappa shape index (κ1) is 13.5. The quantitative estimate of drug-likeness (QED) is 0.577. The van der Waals surface area contributed by atoms with Gasteiger partial charge in [0.1, 0.15) is 0 Å². The molecule has 0 saturated carbocycles. The number of carbonyl (C=O) groups excluding carboxylic acids is 1. The van der Waals surface area contributed by atoms with Crippen molar-refractivity contribution in [2.75, 3.05) is 6.61 Å². The molecule has 0 saturated heterocycles. The fourth-order valence-electron chi connectivity index (χ4n) is 1.36. The number of carbonyl (C=O) groups is 1. The summed E-state index contributed by atoms with van der Waals surface area (Å²) < 4.78 is 18.4. The number of hydrogen-bond donors (Lipinski definition) is 0. The van der Waals surface area contributed by atoms with Gasteiger partial charge in [-0.15, -0.1) is 0 Å². The Morgan fingerprint density at radius 2 is 2.31 bits per heavy atom. The molecule has 0 aliphatic carbocycles. The maximum Gasteiger partial charge on any atom is 0.305 e. The van der Waals surface area contributed by atoms with Gasteiger partial charge in [0.25, 0.3) is 0 Å². The Morgan fingerprint density at radius 3 is 2.88 bits per heavy atom. The minimum Gasteiger partial charge on any atom is -0.466 e. The second-order valence-corrected chi connectivity index (χ2v) is 5.00. The summed E-state index contributed by atoms with van der Waals surface area (Å²) >= 11 is 6.62. The number of thiophene rings is 1. The minimum absolute atomic E-state index is 0.189. The van der Waals surface area contributed by atoms with Crippen molar-refractivity contribution >= 4 is 28.9 Å². The van der Waals surface area contributed by atoms with Crippen LogP contribution >= 0.6 is 22.9 Å². The summed E-state index contributed by atoms with van der Waals surface area (Å²) in [5, 5.41) is -0.221. The molecule has 1 aromatic rings. The van der Waals surface area contributed by atoms with Crippen LogP contribution in [0, 0.1) is 5.13 Å². The van der Waals surface area contributed by atoms with Gasteiger partial charge >= 0.3 is 5.97 Å². The van der Waals surface area contributed by atoms with E-state index in [2.05, 4.69) is 0 Å². The van der Waals surface area contributed by atoms with Crippen molar-refractivity contribution in [3.63, 3.8) is 0 Å². The van der Waals surface area contributed by atoms with Crippen LogP contribution in [0.3, 0.4) is 0 Å². The topological polar surface area (TPSA) is 26.3 Å². The van der Waals surface area contributed by atoms with Crippen LogP contribution in [-0.4, -0.2) is 12.6 Å². The second-order valence-electron chi connectivity index (χ2n) is 3.36. The van der Waals surface area contributed by atoms with E-state index < -0.39 is 0 Å². The highest BCUT2D eigenvalue weighted by Crippen LogP contribution is 2.26. The minimum atomic E-state index is -0.221. The molecule has 0 N–H and O–H groups in total. The number of ether oxygens (including phenoxy) is 1. The molecule has 0 aliphatic heterocycles. The van der Waals surface area contributed by atoms with E-state index >= 15 is 0 Å². The number of hydrogen-bond acceptors (Lipinski definition) is 3. The summed E-state index contributed by atoms with van der Waals surface area (Å²) in [6.45, 7) is 2.19. The number of rotatable bonds is 6. The smallest absolute Gasteiger partial charge is 0.305 e. The van der Waals surface area contributed by atoms with Crippen molar-refractivity contribution in [1.82, 2.24) is 0 Å². The van der Waals surface area contributed by atoms with Crippen molar-refractivity contribution in [3.05, 3.63) is 21.1 Å². The third-order valence-corrected chi connectivity index (χ3v) is 3.20. The van der Waals surface area contributed by atoms with E-state index in [-0.39, 0.29) is 11.1 Å². The zero-order valence-electron chi connectivity index (χ0n) is 9.09. The largest absolute Gasteiger partial charge is 0.466 e. The molecule has 5 heteroatoms. The van der Waals surface area contributed by atoms with Gasteiger partial charge in [0.05, 0.1) is 10.9 Å². The van der Waals surface area contributed by atoms with Gasteiger partial charge in [-0.2, -0.15) is 4.39 Å². The highest BCUT2D eigenvalue weighted by atomic mass is 35.5. The van der Waals surface area contributed by atoms with E-state index in [9.17, 15) is 9.18 Å². The Kier molecular flexibility index (Phi) is 5.77. The van der Waals surface area contributed by atoms with E-state index in [0.717, 1.165) is 17.8 Å². The summed E-state index contributed by atoms with van der Waals surface area (Å²) in [6, 6.07) is 1.64. The highest BCUT2D eigenvalue weighted by Gasteiger charge is 2.07. The lowest BCUT2D eigenvalue weighted by atomic mass is 10.1. The normalized spacial score (nSPS) is 10.4. The molecular formula is C11H14ClFO2S.